The number of benzene rings is 1. The maximum Gasteiger partial charge on any atom is 0.244 e. The maximum atomic E-state index is 12.6. The van der Waals surface area contributed by atoms with E-state index in [4.69, 9.17) is 23.2 Å². The van der Waals surface area contributed by atoms with Crippen molar-refractivity contribution in [2.24, 2.45) is 5.92 Å². The summed E-state index contributed by atoms with van der Waals surface area (Å²) in [7, 11) is -3.89. The van der Waals surface area contributed by atoms with Crippen LogP contribution in [0.4, 0.5) is 0 Å². The van der Waals surface area contributed by atoms with Crippen LogP contribution in [-0.4, -0.2) is 25.7 Å². The fourth-order valence-corrected chi connectivity index (χ4v) is 5.58. The van der Waals surface area contributed by atoms with Gasteiger partial charge in [-0.05, 0) is 30.9 Å². The number of hydrogen-bond donors (Lipinski definition) is 2. The van der Waals surface area contributed by atoms with Crippen LogP contribution in [0.5, 0.6) is 0 Å². The normalized spacial score (nSPS) is 26.8. The molecule has 0 saturated heterocycles. The third-order valence-corrected chi connectivity index (χ3v) is 6.47. The molecule has 0 amide bonds. The molecule has 7 heteroatoms. The Morgan fingerprint density at radius 2 is 2.00 bits per heavy atom. The molecule has 118 valence electrons. The molecule has 2 N–H and O–H groups in total. The van der Waals surface area contributed by atoms with Crippen LogP contribution in [0.1, 0.15) is 32.6 Å². The van der Waals surface area contributed by atoms with Crippen molar-refractivity contribution in [1.82, 2.24) is 4.72 Å². The van der Waals surface area contributed by atoms with Crippen molar-refractivity contribution in [3.05, 3.63) is 28.2 Å². The third-order valence-electron chi connectivity index (χ3n) is 3.93. The lowest BCUT2D eigenvalue weighted by atomic mass is 9.78. The molecule has 0 aliphatic heterocycles. The summed E-state index contributed by atoms with van der Waals surface area (Å²) < 4.78 is 27.9. The molecule has 1 aromatic carbocycles. The van der Waals surface area contributed by atoms with Crippen molar-refractivity contribution < 1.29 is 13.5 Å². The summed E-state index contributed by atoms with van der Waals surface area (Å²) in [6, 6.07) is 4.56. The molecule has 1 aromatic rings. The molecular formula is C14H19Cl2NO3S. The number of nitrogens with one attached hydrogen (secondary N) is 1. The largest absolute Gasteiger partial charge is 0.394 e. The van der Waals surface area contributed by atoms with Crippen LogP contribution in [0.15, 0.2) is 23.1 Å². The highest BCUT2D eigenvalue weighted by molar-refractivity contribution is 7.89. The van der Waals surface area contributed by atoms with Gasteiger partial charge in [-0.15, -0.1) is 0 Å². The number of aliphatic hydroxyl groups is 1. The second-order valence-corrected chi connectivity index (χ2v) is 8.23. The first-order valence-electron chi connectivity index (χ1n) is 6.88. The van der Waals surface area contributed by atoms with Gasteiger partial charge in [0.2, 0.25) is 10.0 Å². The van der Waals surface area contributed by atoms with Crippen LogP contribution >= 0.6 is 23.2 Å². The van der Waals surface area contributed by atoms with Gasteiger partial charge in [0.05, 0.1) is 22.2 Å². The summed E-state index contributed by atoms with van der Waals surface area (Å²) in [5, 5.41) is 9.87. The van der Waals surface area contributed by atoms with E-state index in [1.54, 1.807) is 6.07 Å². The zero-order valence-electron chi connectivity index (χ0n) is 11.8. The topological polar surface area (TPSA) is 66.4 Å². The molecule has 1 fully saturated rings. The van der Waals surface area contributed by atoms with Crippen LogP contribution in [0.25, 0.3) is 0 Å². The molecule has 2 rings (SSSR count). The van der Waals surface area contributed by atoms with E-state index in [9.17, 15) is 13.5 Å². The lowest BCUT2D eigenvalue weighted by molar-refractivity contribution is 0.120. The molecular weight excluding hydrogens is 333 g/mol. The molecule has 21 heavy (non-hydrogen) atoms. The highest BCUT2D eigenvalue weighted by atomic mass is 35.5. The van der Waals surface area contributed by atoms with Gasteiger partial charge < -0.3 is 5.11 Å². The van der Waals surface area contributed by atoms with Gasteiger partial charge in [-0.25, -0.2) is 13.1 Å². The second-order valence-electron chi connectivity index (χ2n) is 5.80. The second kappa shape index (κ2) is 6.42. The zero-order chi connectivity index (χ0) is 15.7. The molecule has 0 spiro atoms. The molecule has 0 aromatic heterocycles. The van der Waals surface area contributed by atoms with E-state index < -0.39 is 15.6 Å². The molecule has 1 saturated carbocycles. The first-order valence-corrected chi connectivity index (χ1v) is 9.12. The van der Waals surface area contributed by atoms with Gasteiger partial charge in [0, 0.05) is 0 Å². The highest BCUT2D eigenvalue weighted by Gasteiger charge is 2.39. The van der Waals surface area contributed by atoms with Gasteiger partial charge in [-0.1, -0.05) is 49.0 Å². The Morgan fingerprint density at radius 3 is 2.52 bits per heavy atom. The van der Waals surface area contributed by atoms with E-state index in [-0.39, 0.29) is 21.5 Å². The average Bonchev–Trinajstić information content (AvgIpc) is 2.37. The van der Waals surface area contributed by atoms with Gasteiger partial charge in [0.25, 0.3) is 0 Å². The standard InChI is InChI=1S/C14H19Cl2NO3S/c1-10-4-3-7-14(8-10,9-18)17-21(19,20)13-11(15)5-2-6-12(13)16/h2,5-6,10,17-18H,3-4,7-9H2,1H3. The summed E-state index contributed by atoms with van der Waals surface area (Å²) >= 11 is 12.0. The van der Waals surface area contributed by atoms with E-state index in [0.29, 0.717) is 18.8 Å². The molecule has 4 nitrogen and oxygen atoms in total. The van der Waals surface area contributed by atoms with Gasteiger partial charge >= 0.3 is 0 Å². The molecule has 1 aliphatic rings. The third kappa shape index (κ3) is 3.71. The van der Waals surface area contributed by atoms with Gasteiger partial charge in [-0.3, -0.25) is 0 Å². The predicted molar refractivity (Wildman–Crippen MR) is 84.2 cm³/mol. The van der Waals surface area contributed by atoms with E-state index in [0.717, 1.165) is 12.8 Å². The minimum atomic E-state index is -3.89. The summed E-state index contributed by atoms with van der Waals surface area (Å²) in [6.45, 7) is 1.82. The van der Waals surface area contributed by atoms with Crippen molar-refractivity contribution in [3.8, 4) is 0 Å². The fraction of sp³-hybridized carbons (Fsp3) is 0.571. The number of aliphatic hydroxyl groups excluding tert-OH is 1. The van der Waals surface area contributed by atoms with Gasteiger partial charge in [0.1, 0.15) is 4.90 Å². The summed E-state index contributed by atoms with van der Waals surface area (Å²) in [5.41, 5.74) is -0.834. The zero-order valence-corrected chi connectivity index (χ0v) is 14.1. The lowest BCUT2D eigenvalue weighted by Gasteiger charge is -2.39. The number of hydrogen-bond acceptors (Lipinski definition) is 3. The van der Waals surface area contributed by atoms with Crippen molar-refractivity contribution in [1.29, 1.82) is 0 Å². The molecule has 1 aliphatic carbocycles. The number of rotatable bonds is 4. The Balaban J connectivity index is 2.36. The molecule has 2 unspecified atom stereocenters. The smallest absolute Gasteiger partial charge is 0.244 e. The Kier molecular flexibility index (Phi) is 5.21. The predicted octanol–water partition coefficient (Wildman–Crippen LogP) is 3.21. The van der Waals surface area contributed by atoms with E-state index in [1.807, 2.05) is 0 Å². The minimum Gasteiger partial charge on any atom is -0.394 e. The fourth-order valence-electron chi connectivity index (χ4n) is 3.00. The van der Waals surface area contributed by atoms with Crippen molar-refractivity contribution in [3.63, 3.8) is 0 Å². The summed E-state index contributed by atoms with van der Waals surface area (Å²) in [5.74, 6) is 0.357. The van der Waals surface area contributed by atoms with E-state index >= 15 is 0 Å². The minimum absolute atomic E-state index is 0.0759. The Hall–Kier alpha value is -0.330. The van der Waals surface area contributed by atoms with E-state index in [1.165, 1.54) is 12.1 Å². The van der Waals surface area contributed by atoms with Crippen LogP contribution in [0, 0.1) is 5.92 Å². The van der Waals surface area contributed by atoms with Gasteiger partial charge in [0.15, 0.2) is 0 Å². The lowest BCUT2D eigenvalue weighted by Crippen LogP contribution is -2.53. The number of sulfonamides is 1. The summed E-state index contributed by atoms with van der Waals surface area (Å²) in [6.07, 6.45) is 3.12. The van der Waals surface area contributed by atoms with Crippen LogP contribution in [0.2, 0.25) is 10.0 Å². The Morgan fingerprint density at radius 1 is 1.38 bits per heavy atom. The Labute approximate surface area is 135 Å². The molecule has 0 heterocycles. The van der Waals surface area contributed by atoms with Crippen molar-refractivity contribution >= 4 is 33.2 Å². The van der Waals surface area contributed by atoms with Crippen LogP contribution < -0.4 is 4.72 Å². The Bertz CT molecular complexity index is 600. The highest BCUT2D eigenvalue weighted by Crippen LogP contribution is 2.35. The van der Waals surface area contributed by atoms with E-state index in [2.05, 4.69) is 11.6 Å². The van der Waals surface area contributed by atoms with Crippen molar-refractivity contribution in [2.75, 3.05) is 6.61 Å². The van der Waals surface area contributed by atoms with Crippen molar-refractivity contribution in [2.45, 2.75) is 43.0 Å². The SMILES string of the molecule is CC1CCCC(CO)(NS(=O)(=O)c2c(Cl)cccc2Cl)C1. The first kappa shape index (κ1) is 17.0. The van der Waals surface area contributed by atoms with Gasteiger partial charge in [-0.2, -0.15) is 0 Å². The molecule has 0 bridgehead atoms. The van der Waals surface area contributed by atoms with Crippen LogP contribution in [-0.2, 0) is 10.0 Å². The summed E-state index contributed by atoms with van der Waals surface area (Å²) in [4.78, 5) is -0.126. The quantitative estimate of drug-likeness (QED) is 0.874. The molecule has 2 atom stereocenters. The number of halogens is 2. The first-order chi connectivity index (χ1) is 9.80. The maximum absolute atomic E-state index is 12.6. The molecule has 0 radical (unpaired) electrons. The van der Waals surface area contributed by atoms with Crippen LogP contribution in [0.3, 0.4) is 0 Å². The monoisotopic (exact) mass is 351 g/mol. The average molecular weight is 352 g/mol.